The van der Waals surface area contributed by atoms with E-state index >= 15 is 8.78 Å². The SMILES string of the molecule is CC(C)(C)[C@@H]([CH-][OH+][O-])NC(=O)O[C@@H]1CCC[C@H]1O.COC(=O)[C@@H]1C[C@@H](Oc2nc3ccccc3nc2C(F)(F)/C=C/CO)CN1.COC(=O)[C@@H]1C[C@@H](Oc2nc3ccccc3nc2C(F)(F)/C=C/CO)CN1C(=O)[C@@H](NC(=O)O[C@@H]1CCC[C@H]1O)C(C)(C)C. The summed E-state index contributed by atoms with van der Waals surface area (Å²) in [6, 6.07) is 9.60. The minimum Gasteiger partial charge on any atom is -0.586 e. The van der Waals surface area contributed by atoms with Crippen LogP contribution in [0.1, 0.15) is 104 Å². The number of alkyl halides is 4. The number of aromatic nitrogens is 4. The van der Waals surface area contributed by atoms with Crippen molar-refractivity contribution in [2.45, 2.75) is 166 Å². The molecule has 10 atom stereocenters. The molecule has 490 valence electrons. The number of rotatable bonds is 19. The number of esters is 2. The van der Waals surface area contributed by atoms with Gasteiger partial charge in [0, 0.05) is 19.4 Å². The van der Waals surface area contributed by atoms with Crippen molar-refractivity contribution in [1.29, 1.82) is 0 Å². The zero-order valence-electron chi connectivity index (χ0n) is 50.6. The molecule has 0 unspecified atom stereocenters. The molecule has 2 aliphatic heterocycles. The fourth-order valence-corrected chi connectivity index (χ4v) is 10.1. The molecule has 0 bridgehead atoms. The van der Waals surface area contributed by atoms with Crippen LogP contribution in [0.3, 0.4) is 0 Å². The Hall–Kier alpha value is -7.41. The van der Waals surface area contributed by atoms with Gasteiger partial charge in [0.15, 0.2) is 11.4 Å². The van der Waals surface area contributed by atoms with E-state index < -0.39 is 139 Å². The molecule has 29 heteroatoms. The summed E-state index contributed by atoms with van der Waals surface area (Å²) in [5.41, 5.74) is -1.44. The Morgan fingerprint density at radius 2 is 1.16 bits per heavy atom. The minimum absolute atomic E-state index is 0.111. The van der Waals surface area contributed by atoms with Crippen LogP contribution < -0.4 is 30.7 Å². The third kappa shape index (κ3) is 19.3. The van der Waals surface area contributed by atoms with E-state index in [1.54, 1.807) is 63.2 Å². The average molecular weight is 1260 g/mol. The van der Waals surface area contributed by atoms with E-state index in [0.29, 0.717) is 55.3 Å². The maximum Gasteiger partial charge on any atom is 0.408 e. The van der Waals surface area contributed by atoms with Gasteiger partial charge in [-0.1, -0.05) is 78.0 Å². The summed E-state index contributed by atoms with van der Waals surface area (Å²) in [5.74, 6) is -9.79. The highest BCUT2D eigenvalue weighted by atomic mass is 19.3. The summed E-state index contributed by atoms with van der Waals surface area (Å²) in [6.07, 6.45) is 1.33. The van der Waals surface area contributed by atoms with Crippen molar-refractivity contribution in [3.8, 4) is 11.8 Å². The Bertz CT molecular complexity index is 3110. The van der Waals surface area contributed by atoms with Gasteiger partial charge in [-0.05, 0) is 98.4 Å². The van der Waals surface area contributed by atoms with E-state index in [4.69, 9.17) is 33.9 Å². The summed E-state index contributed by atoms with van der Waals surface area (Å²) in [4.78, 5) is 83.3. The third-order valence-electron chi connectivity index (χ3n) is 14.9. The molecule has 4 heterocycles. The second kappa shape index (κ2) is 31.4. The number of hydrogen-bond acceptors (Lipinski definition) is 21. The van der Waals surface area contributed by atoms with Crippen LogP contribution in [-0.2, 0) is 45.2 Å². The van der Waals surface area contributed by atoms with Crippen molar-refractivity contribution in [3.05, 3.63) is 90.8 Å². The predicted octanol–water partition coefficient (Wildman–Crippen LogP) is 4.97. The zero-order chi connectivity index (χ0) is 65.4. The molecule has 8 rings (SSSR count). The highest BCUT2D eigenvalue weighted by molar-refractivity contribution is 5.91. The number of nitrogens with zero attached hydrogens (tertiary/aromatic N) is 5. The molecular formula is C60H79F4N8O17-. The first-order chi connectivity index (χ1) is 42.0. The van der Waals surface area contributed by atoms with E-state index in [1.807, 2.05) is 20.8 Å². The standard InChI is InChI=1S/C30H38F2N4O8.C18H19F2N3O4.C12H22NO5/c1-29(2,3)24(35-28(41)44-22-12-7-11-21(22)38)26(39)36-16-17(15-20(36)27(40)42-4)43-25-23(30(31,32)13-8-14-37)33-18-9-5-6-10-19(18)34-25;1-26-17(25)14-9-11(10-21-14)27-16-15(18(19,20)7-4-8-24)22-12-5-2-3-6-13(12)23-16;1-12(2,3)10(7-17-16)13-11(15)18-9-6-4-5-8(9)14/h5-6,8-10,13,17,20-22,24,37-38H,7,11-12,14-16H2,1-4H3,(H,35,41);2-7,11,14,21,24H,8-10H2,1H3;7-10,14,17H,4-6H2,1-3H3,(H,13,15)/q;;-1/b13-8+;7-4+;/t17-,20+,21-,22-,24-;11-,14+;8-,9-,10-/m111/s1. The van der Waals surface area contributed by atoms with Crippen molar-refractivity contribution in [3.63, 3.8) is 0 Å². The summed E-state index contributed by atoms with van der Waals surface area (Å²) in [6.45, 7) is 10.9. The molecule has 8 N–H and O–H groups in total. The number of likely N-dealkylation sites (tertiary alicyclic amines) is 1. The summed E-state index contributed by atoms with van der Waals surface area (Å²) < 4.78 is 91.3. The van der Waals surface area contributed by atoms with Crippen molar-refractivity contribution in [1.82, 2.24) is 40.8 Å². The second-order valence-corrected chi connectivity index (χ2v) is 23.7. The minimum atomic E-state index is -3.67. The predicted molar refractivity (Wildman–Crippen MR) is 309 cm³/mol. The van der Waals surface area contributed by atoms with Crippen LogP contribution in [0, 0.1) is 17.4 Å². The molecule has 2 aliphatic carbocycles. The van der Waals surface area contributed by atoms with Gasteiger partial charge < -0.3 is 79.8 Å². The molecule has 2 aromatic carbocycles. The van der Waals surface area contributed by atoms with Crippen LogP contribution in [0.25, 0.3) is 22.1 Å². The third-order valence-corrected chi connectivity index (χ3v) is 14.9. The monoisotopic (exact) mass is 1260 g/mol. The number of aliphatic hydroxyl groups is 5. The number of ether oxygens (including phenoxy) is 6. The second-order valence-electron chi connectivity index (χ2n) is 23.7. The van der Waals surface area contributed by atoms with Crippen molar-refractivity contribution < 1.29 is 101 Å². The number of amides is 3. The van der Waals surface area contributed by atoms with Gasteiger partial charge in [0.2, 0.25) is 17.7 Å². The van der Waals surface area contributed by atoms with E-state index in [0.717, 1.165) is 32.3 Å². The molecular weight excluding hydrogens is 1180 g/mol. The summed E-state index contributed by atoms with van der Waals surface area (Å²) >= 11 is 0. The number of alkyl carbamates (subject to hydrolysis) is 2. The highest BCUT2D eigenvalue weighted by Crippen LogP contribution is 2.39. The summed E-state index contributed by atoms with van der Waals surface area (Å²) in [7, 11) is 2.43. The molecule has 4 fully saturated rings. The van der Waals surface area contributed by atoms with Crippen molar-refractivity contribution in [2.75, 3.05) is 40.5 Å². The van der Waals surface area contributed by atoms with Crippen LogP contribution in [0.4, 0.5) is 27.2 Å². The zero-order valence-corrected chi connectivity index (χ0v) is 50.6. The number of hydrogen-bond donors (Lipinski definition) is 7. The molecule has 3 amide bonds. The van der Waals surface area contributed by atoms with Crippen LogP contribution >= 0.6 is 0 Å². The molecule has 4 aromatic rings. The molecule has 0 spiro atoms. The first-order valence-electron chi connectivity index (χ1n) is 28.9. The van der Waals surface area contributed by atoms with Gasteiger partial charge in [-0.25, -0.2) is 34.3 Å². The van der Waals surface area contributed by atoms with Crippen LogP contribution in [0.5, 0.6) is 11.8 Å². The number of para-hydroxylation sites is 4. The highest BCUT2D eigenvalue weighted by Gasteiger charge is 2.48. The number of carbonyl (C=O) groups excluding carboxylic acids is 5. The normalized spacial score (nSPS) is 22.8. The van der Waals surface area contributed by atoms with Gasteiger partial charge in [0.1, 0.15) is 42.5 Å². The Kier molecular flexibility index (Phi) is 24.9. The lowest BCUT2D eigenvalue weighted by atomic mass is 9.85. The topological polar surface area (TPSA) is 348 Å². The molecule has 0 radical (unpaired) electrons. The maximum absolute atomic E-state index is 15.2. The van der Waals surface area contributed by atoms with E-state index in [1.165, 1.54) is 18.1 Å². The number of nitrogens with one attached hydrogen (secondary N) is 3. The number of benzene rings is 2. The lowest BCUT2D eigenvalue weighted by Gasteiger charge is -2.36. The first-order valence-corrected chi connectivity index (χ1v) is 28.9. The van der Waals surface area contributed by atoms with Gasteiger partial charge in [-0.3, -0.25) is 9.59 Å². The van der Waals surface area contributed by atoms with Crippen LogP contribution in [0.2, 0.25) is 0 Å². The maximum atomic E-state index is 15.2. The molecule has 2 aromatic heterocycles. The molecule has 25 nitrogen and oxygen atoms in total. The quantitative estimate of drug-likeness (QED) is 0.00952. The van der Waals surface area contributed by atoms with Gasteiger partial charge in [-0.2, -0.15) is 17.6 Å². The Morgan fingerprint density at radius 3 is 1.57 bits per heavy atom. The van der Waals surface area contributed by atoms with E-state index in [9.17, 15) is 48.2 Å². The van der Waals surface area contributed by atoms with Crippen molar-refractivity contribution in [2.24, 2.45) is 10.8 Å². The lowest BCUT2D eigenvalue weighted by molar-refractivity contribution is -0.762. The lowest BCUT2D eigenvalue weighted by Crippen LogP contribution is -2.57. The number of aliphatic hydroxyl groups excluding tert-OH is 4. The number of allylic oxidation sites excluding steroid dienone is 2. The number of halogens is 4. The van der Waals surface area contributed by atoms with Gasteiger partial charge >= 0.3 is 36.0 Å². The van der Waals surface area contributed by atoms with Gasteiger partial charge in [0.05, 0.1) is 68.3 Å². The fourth-order valence-electron chi connectivity index (χ4n) is 10.1. The molecule has 89 heavy (non-hydrogen) atoms. The Labute approximate surface area is 511 Å². The van der Waals surface area contributed by atoms with Crippen LogP contribution in [-0.4, -0.2) is 181 Å². The first kappa shape index (κ1) is 70.7. The van der Waals surface area contributed by atoms with E-state index in [-0.39, 0.29) is 48.3 Å². The smallest absolute Gasteiger partial charge is 0.408 e. The van der Waals surface area contributed by atoms with Gasteiger partial charge in [-0.15, -0.1) is 0 Å². The van der Waals surface area contributed by atoms with Crippen LogP contribution in [0.15, 0.2) is 72.8 Å². The fraction of sp³-hybridized carbons (Fsp3) is 0.567. The summed E-state index contributed by atoms with van der Waals surface area (Å²) in [5, 5.41) is 55.9. The molecule has 2 saturated carbocycles. The molecule has 4 aliphatic rings. The van der Waals surface area contributed by atoms with E-state index in [2.05, 4.69) is 45.5 Å². The van der Waals surface area contributed by atoms with Crippen molar-refractivity contribution >= 4 is 52.1 Å². The Morgan fingerprint density at radius 1 is 0.697 bits per heavy atom. The number of fused-ring (bicyclic) bond motifs is 2. The largest absolute Gasteiger partial charge is 0.586 e. The number of carbonyl (C=O) groups is 5. The Balaban J connectivity index is 0.000000237. The molecule has 2 saturated heterocycles. The average Bonchev–Trinajstić information content (AvgIpc) is 1.75. The van der Waals surface area contributed by atoms with Gasteiger partial charge in [0.25, 0.3) is 0 Å². The number of methoxy groups -OCH3 is 2.